The third-order valence-electron chi connectivity index (χ3n) is 3.79. The average Bonchev–Trinajstić information content (AvgIpc) is 3.21. The van der Waals surface area contributed by atoms with Gasteiger partial charge in [0, 0.05) is 4.88 Å². The van der Waals surface area contributed by atoms with Crippen LogP contribution in [0.5, 0.6) is 11.5 Å². The lowest BCUT2D eigenvalue weighted by Gasteiger charge is -2.13. The first-order valence-electron chi connectivity index (χ1n) is 8.43. The summed E-state index contributed by atoms with van der Waals surface area (Å²) in [5.74, 6) is 1.25. The Balaban J connectivity index is 1.43. The van der Waals surface area contributed by atoms with Crippen molar-refractivity contribution in [3.8, 4) is 11.5 Å². The number of benzene rings is 2. The van der Waals surface area contributed by atoms with Crippen LogP contribution in [0, 0.1) is 0 Å². The summed E-state index contributed by atoms with van der Waals surface area (Å²) in [6.45, 7) is 2.46. The van der Waals surface area contributed by atoms with Crippen molar-refractivity contribution in [3.63, 3.8) is 0 Å². The molecule has 0 aliphatic rings. The molecule has 0 aliphatic heterocycles. The van der Waals surface area contributed by atoms with Gasteiger partial charge in [0.2, 0.25) is 0 Å². The number of hydrogen-bond acceptors (Lipinski definition) is 4. The summed E-state index contributed by atoms with van der Waals surface area (Å²) in [6, 6.07) is 21.2. The normalized spacial score (nSPS) is 11.6. The molecular formula is C21H21NO3S. The van der Waals surface area contributed by atoms with Crippen LogP contribution in [-0.2, 0) is 11.4 Å². The number of rotatable bonds is 8. The summed E-state index contributed by atoms with van der Waals surface area (Å²) < 4.78 is 11.3. The second-order valence-electron chi connectivity index (χ2n) is 5.84. The van der Waals surface area contributed by atoms with E-state index in [1.807, 2.05) is 66.9 Å². The van der Waals surface area contributed by atoms with Gasteiger partial charge >= 0.3 is 0 Å². The number of thiophene rings is 1. The highest BCUT2D eigenvalue weighted by molar-refractivity contribution is 7.10. The molecule has 0 fully saturated rings. The average molecular weight is 367 g/mol. The maximum atomic E-state index is 12.0. The molecule has 134 valence electrons. The predicted octanol–water partition coefficient (Wildman–Crippen LogP) is 4.58. The number of ether oxygens (including phenoxy) is 2. The van der Waals surface area contributed by atoms with Crippen LogP contribution in [0.1, 0.15) is 23.4 Å². The lowest BCUT2D eigenvalue weighted by atomic mass is 10.2. The highest BCUT2D eigenvalue weighted by atomic mass is 32.1. The molecule has 1 N–H and O–H groups in total. The van der Waals surface area contributed by atoms with E-state index in [4.69, 9.17) is 9.47 Å². The minimum Gasteiger partial charge on any atom is -0.489 e. The van der Waals surface area contributed by atoms with Gasteiger partial charge in [0.15, 0.2) is 6.61 Å². The molecule has 0 radical (unpaired) electrons. The first-order valence-corrected chi connectivity index (χ1v) is 9.31. The molecule has 1 aromatic heterocycles. The second-order valence-corrected chi connectivity index (χ2v) is 6.82. The van der Waals surface area contributed by atoms with E-state index in [9.17, 15) is 4.79 Å². The van der Waals surface area contributed by atoms with E-state index in [0.29, 0.717) is 12.4 Å². The zero-order valence-corrected chi connectivity index (χ0v) is 15.4. The van der Waals surface area contributed by atoms with Gasteiger partial charge in [-0.15, -0.1) is 11.3 Å². The molecule has 0 saturated carbocycles. The van der Waals surface area contributed by atoms with Gasteiger partial charge in [0.25, 0.3) is 5.91 Å². The maximum absolute atomic E-state index is 12.0. The van der Waals surface area contributed by atoms with Crippen LogP contribution in [0.2, 0.25) is 0 Å². The number of nitrogens with one attached hydrogen (secondary N) is 1. The minimum absolute atomic E-state index is 0.0140. The Hall–Kier alpha value is -2.79. The van der Waals surface area contributed by atoms with Gasteiger partial charge in [-0.25, -0.2) is 0 Å². The number of hydrogen-bond donors (Lipinski definition) is 1. The smallest absolute Gasteiger partial charge is 0.258 e. The third kappa shape index (κ3) is 5.36. The number of carbonyl (C=O) groups is 1. The Bertz CT molecular complexity index is 801. The first-order chi connectivity index (χ1) is 12.7. The first kappa shape index (κ1) is 18.0. The molecule has 1 heterocycles. The standard InChI is InChI=1S/C21H21NO3S/c1-16(20-8-5-13-26-20)22-21(23)15-25-19-11-9-18(10-12-19)24-14-17-6-3-2-4-7-17/h2-13,16H,14-15H2,1H3,(H,22,23). The van der Waals surface area contributed by atoms with Crippen molar-refractivity contribution < 1.29 is 14.3 Å². The molecule has 3 rings (SSSR count). The predicted molar refractivity (Wildman–Crippen MR) is 104 cm³/mol. The van der Waals surface area contributed by atoms with E-state index < -0.39 is 0 Å². The van der Waals surface area contributed by atoms with Gasteiger partial charge in [-0.2, -0.15) is 0 Å². The summed E-state index contributed by atoms with van der Waals surface area (Å²) in [4.78, 5) is 13.1. The van der Waals surface area contributed by atoms with Gasteiger partial charge in [0.1, 0.15) is 18.1 Å². The summed E-state index contributed by atoms with van der Waals surface area (Å²) in [7, 11) is 0. The molecule has 0 bridgehead atoms. The monoisotopic (exact) mass is 367 g/mol. The van der Waals surface area contributed by atoms with Crippen LogP contribution in [0.25, 0.3) is 0 Å². The van der Waals surface area contributed by atoms with Gasteiger partial charge in [0.05, 0.1) is 6.04 Å². The lowest BCUT2D eigenvalue weighted by Crippen LogP contribution is -2.30. The van der Waals surface area contributed by atoms with E-state index >= 15 is 0 Å². The highest BCUT2D eigenvalue weighted by Gasteiger charge is 2.10. The van der Waals surface area contributed by atoms with E-state index in [-0.39, 0.29) is 18.6 Å². The third-order valence-corrected chi connectivity index (χ3v) is 4.84. The van der Waals surface area contributed by atoms with Crippen LogP contribution < -0.4 is 14.8 Å². The molecule has 1 atom stereocenters. The molecule has 4 nitrogen and oxygen atoms in total. The van der Waals surface area contributed by atoms with Crippen LogP contribution in [-0.4, -0.2) is 12.5 Å². The fourth-order valence-corrected chi connectivity index (χ4v) is 3.15. The van der Waals surface area contributed by atoms with Crippen molar-refractivity contribution in [3.05, 3.63) is 82.6 Å². The van der Waals surface area contributed by atoms with Crippen LogP contribution in [0.15, 0.2) is 72.1 Å². The summed E-state index contributed by atoms with van der Waals surface area (Å²) in [5.41, 5.74) is 1.12. The summed E-state index contributed by atoms with van der Waals surface area (Å²) in [6.07, 6.45) is 0. The molecule has 1 unspecified atom stereocenters. The van der Waals surface area contributed by atoms with Crippen LogP contribution in [0.4, 0.5) is 0 Å². The maximum Gasteiger partial charge on any atom is 0.258 e. The van der Waals surface area contributed by atoms with E-state index in [1.54, 1.807) is 23.5 Å². The van der Waals surface area contributed by atoms with Crippen molar-refractivity contribution in [2.45, 2.75) is 19.6 Å². The molecule has 0 saturated heterocycles. The molecule has 1 amide bonds. The molecule has 5 heteroatoms. The lowest BCUT2D eigenvalue weighted by molar-refractivity contribution is -0.123. The zero-order chi connectivity index (χ0) is 18.2. The SMILES string of the molecule is CC(NC(=O)COc1ccc(OCc2ccccc2)cc1)c1cccs1. The summed E-state index contributed by atoms with van der Waals surface area (Å²) in [5, 5.41) is 4.92. The van der Waals surface area contributed by atoms with Gasteiger partial charge < -0.3 is 14.8 Å². The fraction of sp³-hybridized carbons (Fsp3) is 0.190. The Morgan fingerprint density at radius 2 is 1.65 bits per heavy atom. The van der Waals surface area contributed by atoms with E-state index in [2.05, 4.69) is 5.32 Å². The van der Waals surface area contributed by atoms with Crippen LogP contribution in [0.3, 0.4) is 0 Å². The summed E-state index contributed by atoms with van der Waals surface area (Å²) >= 11 is 1.62. The van der Waals surface area contributed by atoms with Gasteiger partial charge in [-0.1, -0.05) is 36.4 Å². The molecular weight excluding hydrogens is 346 g/mol. The van der Waals surface area contributed by atoms with Crippen molar-refractivity contribution >= 4 is 17.2 Å². The Labute approximate surface area is 157 Å². The molecule has 2 aromatic carbocycles. The molecule has 26 heavy (non-hydrogen) atoms. The molecule has 3 aromatic rings. The van der Waals surface area contributed by atoms with E-state index in [1.165, 1.54) is 0 Å². The van der Waals surface area contributed by atoms with Crippen molar-refractivity contribution in [2.24, 2.45) is 0 Å². The Kier molecular flexibility index (Phi) is 6.28. The molecule has 0 spiro atoms. The second kappa shape index (κ2) is 9.06. The van der Waals surface area contributed by atoms with Crippen molar-refractivity contribution in [1.29, 1.82) is 0 Å². The molecule has 0 aliphatic carbocycles. The van der Waals surface area contributed by atoms with Gasteiger partial charge in [-0.05, 0) is 48.2 Å². The fourth-order valence-electron chi connectivity index (χ4n) is 2.41. The van der Waals surface area contributed by atoms with Crippen molar-refractivity contribution in [1.82, 2.24) is 5.32 Å². The quantitative estimate of drug-likeness (QED) is 0.634. The zero-order valence-electron chi connectivity index (χ0n) is 14.6. The minimum atomic E-state index is -0.143. The largest absolute Gasteiger partial charge is 0.489 e. The highest BCUT2D eigenvalue weighted by Crippen LogP contribution is 2.20. The Morgan fingerprint density at radius 1 is 0.962 bits per heavy atom. The Morgan fingerprint density at radius 3 is 2.31 bits per heavy atom. The van der Waals surface area contributed by atoms with E-state index in [0.717, 1.165) is 16.2 Å². The van der Waals surface area contributed by atoms with Crippen molar-refractivity contribution in [2.75, 3.05) is 6.61 Å². The number of carbonyl (C=O) groups excluding carboxylic acids is 1. The van der Waals surface area contributed by atoms with Gasteiger partial charge in [-0.3, -0.25) is 4.79 Å². The topological polar surface area (TPSA) is 47.6 Å². The van der Waals surface area contributed by atoms with Crippen LogP contribution >= 0.6 is 11.3 Å². The number of amides is 1.